The van der Waals surface area contributed by atoms with Gasteiger partial charge < -0.3 is 5.32 Å². The lowest BCUT2D eigenvalue weighted by atomic mass is 9.75. The first-order valence-electron chi connectivity index (χ1n) is 13.0. The van der Waals surface area contributed by atoms with E-state index in [1.54, 1.807) is 0 Å². The number of nitrogens with one attached hydrogen (secondary N) is 1. The van der Waals surface area contributed by atoms with Gasteiger partial charge in [-0.25, -0.2) is 0 Å². The molecule has 1 fully saturated rings. The summed E-state index contributed by atoms with van der Waals surface area (Å²) in [6.45, 7) is 0. The molecule has 1 heterocycles. The normalized spacial score (nSPS) is 22.9. The van der Waals surface area contributed by atoms with Crippen LogP contribution in [0.15, 0.2) is 72.6 Å². The van der Waals surface area contributed by atoms with Crippen LogP contribution in [0.2, 0.25) is 0 Å². The van der Waals surface area contributed by atoms with Crippen molar-refractivity contribution in [1.29, 1.82) is 0 Å². The van der Waals surface area contributed by atoms with Gasteiger partial charge in [0.15, 0.2) is 0 Å². The van der Waals surface area contributed by atoms with Crippen LogP contribution in [0, 0.1) is 11.8 Å². The number of hydrogen-bond acceptors (Lipinski definition) is 2. The Balaban J connectivity index is 1.42. The Labute approximate surface area is 202 Å². The molecule has 2 atom stereocenters. The van der Waals surface area contributed by atoms with Crippen molar-refractivity contribution in [2.45, 2.75) is 57.3 Å². The molecule has 0 aromatic heterocycles. The molecule has 34 heavy (non-hydrogen) atoms. The number of allylic oxidation sites excluding steroid dienone is 5. The van der Waals surface area contributed by atoms with E-state index in [0.29, 0.717) is 5.78 Å². The van der Waals surface area contributed by atoms with Crippen LogP contribution in [-0.2, 0) is 11.2 Å². The lowest BCUT2D eigenvalue weighted by molar-refractivity contribution is -0.121. The highest BCUT2D eigenvalue weighted by molar-refractivity contribution is 5.87. The van der Waals surface area contributed by atoms with Gasteiger partial charge in [-0.3, -0.25) is 4.79 Å². The van der Waals surface area contributed by atoms with Crippen LogP contribution in [0.1, 0.15) is 62.0 Å². The summed E-state index contributed by atoms with van der Waals surface area (Å²) in [4.78, 5) is 13.5. The van der Waals surface area contributed by atoms with E-state index in [2.05, 4.69) is 72.1 Å². The molecule has 172 valence electrons. The fraction of sp³-hybridized carbons (Fsp3) is 0.344. The zero-order valence-electron chi connectivity index (χ0n) is 19.8. The number of benzene rings is 2. The molecule has 1 saturated carbocycles. The highest BCUT2D eigenvalue weighted by Crippen LogP contribution is 2.35. The quantitative estimate of drug-likeness (QED) is 0.640. The number of rotatable bonds is 5. The molecule has 0 bridgehead atoms. The Morgan fingerprint density at radius 2 is 1.82 bits per heavy atom. The second-order valence-electron chi connectivity index (χ2n) is 10.3. The van der Waals surface area contributed by atoms with Crippen LogP contribution in [0.25, 0.3) is 23.3 Å². The van der Waals surface area contributed by atoms with Crippen molar-refractivity contribution in [3.8, 4) is 11.1 Å². The first-order chi connectivity index (χ1) is 16.8. The average Bonchev–Trinajstić information content (AvgIpc) is 3.26. The summed E-state index contributed by atoms with van der Waals surface area (Å²) in [6, 6.07) is 13.3. The fourth-order valence-electron chi connectivity index (χ4n) is 6.46. The molecule has 2 aromatic rings. The van der Waals surface area contributed by atoms with Crippen LogP contribution in [-0.4, -0.2) is 5.78 Å². The largest absolute Gasteiger partial charge is 0.364 e. The fourth-order valence-corrected chi connectivity index (χ4v) is 6.46. The molecule has 2 nitrogen and oxygen atoms in total. The van der Waals surface area contributed by atoms with Crippen LogP contribution < -0.4 is 15.8 Å². The Hall–Kier alpha value is -3.13. The molecule has 0 spiro atoms. The Kier molecular flexibility index (Phi) is 5.83. The van der Waals surface area contributed by atoms with Gasteiger partial charge in [-0.15, -0.1) is 0 Å². The zero-order valence-corrected chi connectivity index (χ0v) is 19.8. The minimum Gasteiger partial charge on any atom is -0.364 e. The predicted molar refractivity (Wildman–Crippen MR) is 140 cm³/mol. The summed E-state index contributed by atoms with van der Waals surface area (Å²) in [7, 11) is 0. The lowest BCUT2D eigenvalue weighted by Gasteiger charge is -2.30. The molecule has 1 aliphatic heterocycles. The zero-order chi connectivity index (χ0) is 22.9. The topological polar surface area (TPSA) is 29.1 Å². The third kappa shape index (κ3) is 4.00. The predicted octanol–water partition coefficient (Wildman–Crippen LogP) is 5.67. The molecule has 2 unspecified atom stereocenters. The van der Waals surface area contributed by atoms with Crippen LogP contribution in [0.4, 0.5) is 0 Å². The van der Waals surface area contributed by atoms with Crippen molar-refractivity contribution in [3.63, 3.8) is 0 Å². The summed E-state index contributed by atoms with van der Waals surface area (Å²) < 4.78 is 0. The van der Waals surface area contributed by atoms with Gasteiger partial charge in [0.2, 0.25) is 0 Å². The first-order valence-corrected chi connectivity index (χ1v) is 13.0. The van der Waals surface area contributed by atoms with Crippen LogP contribution in [0.3, 0.4) is 0 Å². The minimum atomic E-state index is -0.0186. The average molecular weight is 448 g/mol. The van der Waals surface area contributed by atoms with Crippen LogP contribution in [0.5, 0.6) is 0 Å². The van der Waals surface area contributed by atoms with Gasteiger partial charge in [-0.05, 0) is 70.0 Å². The summed E-state index contributed by atoms with van der Waals surface area (Å²) in [6.07, 6.45) is 24.0. The molecule has 3 aliphatic carbocycles. The molecule has 0 amide bonds. The molecule has 1 N–H and O–H groups in total. The smallest absolute Gasteiger partial charge is 0.139 e. The van der Waals surface area contributed by atoms with Crippen molar-refractivity contribution in [2.75, 3.05) is 0 Å². The monoisotopic (exact) mass is 447 g/mol. The van der Waals surface area contributed by atoms with E-state index < -0.39 is 0 Å². The molecule has 6 rings (SSSR count). The standard InChI is InChI=1S/C32H33NO/c34-32(18-13-22-8-3-4-9-22)24-20-29-27-15-14-23-10-5-6-11-25(23)26(27)16-17-28(29)30(21-24)31-12-2-1-7-19-33-31/h1-2,5-7,10-12,15-17,19-20,22,24,30,33H,3-4,8-9,13-14,18,21H2. The van der Waals surface area contributed by atoms with Crippen molar-refractivity contribution in [1.82, 2.24) is 5.32 Å². The first kappa shape index (κ1) is 21.4. The van der Waals surface area contributed by atoms with Crippen molar-refractivity contribution in [2.24, 2.45) is 11.8 Å². The SMILES string of the molecule is O=C(CCC1CCCC1)C1C=c2c(ccc3c2=CCc2ccccc2-3)C(C2=CC=CC=CN2)C1. The van der Waals surface area contributed by atoms with Gasteiger partial charge >= 0.3 is 0 Å². The Bertz CT molecular complexity index is 1320. The highest BCUT2D eigenvalue weighted by Gasteiger charge is 2.30. The van der Waals surface area contributed by atoms with E-state index in [4.69, 9.17) is 0 Å². The molecule has 4 aliphatic rings. The number of carbonyl (C=O) groups is 1. The van der Waals surface area contributed by atoms with E-state index in [1.807, 2.05) is 12.3 Å². The third-order valence-corrected chi connectivity index (χ3v) is 8.29. The van der Waals surface area contributed by atoms with Gasteiger partial charge in [0.25, 0.3) is 0 Å². The minimum absolute atomic E-state index is 0.0186. The third-order valence-electron chi connectivity index (χ3n) is 8.29. The molecule has 2 heteroatoms. The number of carbonyl (C=O) groups excluding carboxylic acids is 1. The van der Waals surface area contributed by atoms with Crippen LogP contribution >= 0.6 is 0 Å². The van der Waals surface area contributed by atoms with E-state index in [-0.39, 0.29) is 11.8 Å². The van der Waals surface area contributed by atoms with Crippen molar-refractivity contribution in [3.05, 3.63) is 94.2 Å². The Morgan fingerprint density at radius 3 is 2.74 bits per heavy atom. The van der Waals surface area contributed by atoms with Gasteiger partial charge in [0.1, 0.15) is 5.78 Å². The molecule has 0 radical (unpaired) electrons. The van der Waals surface area contributed by atoms with Crippen molar-refractivity contribution < 1.29 is 4.79 Å². The molecule has 0 saturated heterocycles. The van der Waals surface area contributed by atoms with E-state index in [0.717, 1.165) is 31.6 Å². The summed E-state index contributed by atoms with van der Waals surface area (Å²) in [5, 5.41) is 6.10. The van der Waals surface area contributed by atoms with Gasteiger partial charge in [-0.2, -0.15) is 0 Å². The van der Waals surface area contributed by atoms with E-state index in [9.17, 15) is 4.79 Å². The number of fused-ring (bicyclic) bond motifs is 5. The number of ketones is 1. The van der Waals surface area contributed by atoms with E-state index in [1.165, 1.54) is 64.1 Å². The molecule has 2 aromatic carbocycles. The number of Topliss-reactive ketones (excluding diaryl/α,β-unsaturated/α-hetero) is 1. The maximum Gasteiger partial charge on any atom is 0.139 e. The summed E-state index contributed by atoms with van der Waals surface area (Å²) in [5.74, 6) is 1.37. The summed E-state index contributed by atoms with van der Waals surface area (Å²) in [5.41, 5.74) is 6.55. The molecular weight excluding hydrogens is 414 g/mol. The van der Waals surface area contributed by atoms with Gasteiger partial charge in [0, 0.05) is 30.2 Å². The summed E-state index contributed by atoms with van der Waals surface area (Å²) >= 11 is 0. The van der Waals surface area contributed by atoms with Gasteiger partial charge in [-0.1, -0.05) is 86.4 Å². The second kappa shape index (κ2) is 9.25. The van der Waals surface area contributed by atoms with Gasteiger partial charge in [0.05, 0.1) is 0 Å². The van der Waals surface area contributed by atoms with E-state index >= 15 is 0 Å². The Morgan fingerprint density at radius 1 is 0.941 bits per heavy atom. The lowest BCUT2D eigenvalue weighted by Crippen LogP contribution is -2.39. The molecular formula is C32H33NO. The van der Waals surface area contributed by atoms with Crippen molar-refractivity contribution >= 4 is 17.9 Å². The maximum absolute atomic E-state index is 13.5. The second-order valence-corrected chi connectivity index (χ2v) is 10.3. The maximum atomic E-state index is 13.5. The highest BCUT2D eigenvalue weighted by atomic mass is 16.1. The number of hydrogen-bond donors (Lipinski definition) is 1.